The summed E-state index contributed by atoms with van der Waals surface area (Å²) in [4.78, 5) is 44.2. The smallest absolute Gasteiger partial charge is 0.337 e. The van der Waals surface area contributed by atoms with Gasteiger partial charge in [0.1, 0.15) is 12.4 Å². The number of nitrogens with one attached hydrogen (secondary N) is 3. The Balaban J connectivity index is 1.77. The van der Waals surface area contributed by atoms with E-state index >= 15 is 0 Å². The quantitative estimate of drug-likeness (QED) is 0.575. The molecule has 7 nitrogen and oxygen atoms in total. The van der Waals surface area contributed by atoms with Gasteiger partial charge in [0.2, 0.25) is 0 Å². The van der Waals surface area contributed by atoms with E-state index in [1.54, 1.807) is 6.92 Å². The molecule has 1 aliphatic heterocycles. The third kappa shape index (κ3) is 3.66. The average Bonchev–Trinajstić information content (AvgIpc) is 3.11. The topological polar surface area (TPSA) is 104 Å². The predicted octanol–water partition coefficient (Wildman–Crippen LogP) is 3.01. The van der Waals surface area contributed by atoms with Gasteiger partial charge in [-0.15, -0.1) is 11.3 Å². The Labute approximate surface area is 170 Å². The van der Waals surface area contributed by atoms with Gasteiger partial charge >= 0.3 is 11.7 Å². The molecule has 0 radical (unpaired) electrons. The van der Waals surface area contributed by atoms with Gasteiger partial charge < -0.3 is 10.1 Å². The Kier molecular flexibility index (Phi) is 4.94. The van der Waals surface area contributed by atoms with E-state index < -0.39 is 23.1 Å². The summed E-state index contributed by atoms with van der Waals surface area (Å²) < 4.78 is 5.56. The second-order valence-electron chi connectivity index (χ2n) is 6.80. The number of carbonyl (C=O) groups is 1. The molecule has 8 heteroatoms. The normalized spacial score (nSPS) is 15.6. The van der Waals surface area contributed by atoms with Gasteiger partial charge in [0.05, 0.1) is 17.1 Å². The summed E-state index contributed by atoms with van der Waals surface area (Å²) in [6, 6.07) is 13.2. The van der Waals surface area contributed by atoms with Crippen molar-refractivity contribution in [3.8, 4) is 0 Å². The third-order valence-corrected chi connectivity index (χ3v) is 5.82. The lowest BCUT2D eigenvalue weighted by atomic mass is 9.86. The van der Waals surface area contributed by atoms with Crippen molar-refractivity contribution in [1.29, 1.82) is 0 Å². The molecule has 1 unspecified atom stereocenters. The molecular formula is C21H19N3O4S. The number of carbonyl (C=O) groups excluding carboxylic acids is 1. The van der Waals surface area contributed by atoms with Crippen LogP contribution in [0.1, 0.15) is 33.7 Å². The van der Waals surface area contributed by atoms with Gasteiger partial charge in [-0.2, -0.15) is 0 Å². The summed E-state index contributed by atoms with van der Waals surface area (Å²) in [5, 5.41) is 2.99. The fourth-order valence-electron chi connectivity index (χ4n) is 3.45. The minimum Gasteiger partial charge on any atom is -0.457 e. The summed E-state index contributed by atoms with van der Waals surface area (Å²) in [6.45, 7) is 3.81. The highest BCUT2D eigenvalue weighted by Gasteiger charge is 2.36. The summed E-state index contributed by atoms with van der Waals surface area (Å²) in [7, 11) is 0. The van der Waals surface area contributed by atoms with Crippen molar-refractivity contribution in [2.24, 2.45) is 0 Å². The molecule has 2 aromatic heterocycles. The number of hydrogen-bond donors (Lipinski definition) is 3. The molecule has 0 bridgehead atoms. The number of rotatable bonds is 4. The fourth-order valence-corrected chi connectivity index (χ4v) is 4.45. The van der Waals surface area contributed by atoms with Crippen LogP contribution in [-0.4, -0.2) is 15.9 Å². The lowest BCUT2D eigenvalue weighted by Crippen LogP contribution is -2.34. The molecule has 1 aromatic carbocycles. The lowest BCUT2D eigenvalue weighted by Gasteiger charge is -2.27. The van der Waals surface area contributed by atoms with Gasteiger partial charge in [-0.1, -0.05) is 30.3 Å². The summed E-state index contributed by atoms with van der Waals surface area (Å²) in [5.41, 5.74) is 0.914. The van der Waals surface area contributed by atoms with Crippen LogP contribution in [0, 0.1) is 6.92 Å². The highest BCUT2D eigenvalue weighted by Crippen LogP contribution is 2.41. The number of H-pyrrole nitrogens is 2. The van der Waals surface area contributed by atoms with Crippen molar-refractivity contribution < 1.29 is 9.53 Å². The molecule has 3 N–H and O–H groups in total. The van der Waals surface area contributed by atoms with Crippen molar-refractivity contribution in [1.82, 2.24) is 9.97 Å². The van der Waals surface area contributed by atoms with Gasteiger partial charge in [0.15, 0.2) is 0 Å². The van der Waals surface area contributed by atoms with E-state index in [-0.39, 0.29) is 6.61 Å². The number of aromatic amines is 2. The number of hydrogen-bond acceptors (Lipinski definition) is 6. The zero-order valence-corrected chi connectivity index (χ0v) is 16.7. The fraction of sp³-hybridized carbons (Fsp3) is 0.190. The van der Waals surface area contributed by atoms with Gasteiger partial charge in [0.25, 0.3) is 5.56 Å². The van der Waals surface area contributed by atoms with E-state index in [9.17, 15) is 14.4 Å². The molecule has 1 atom stereocenters. The summed E-state index contributed by atoms with van der Waals surface area (Å²) in [5.74, 6) is -0.841. The van der Waals surface area contributed by atoms with Crippen molar-refractivity contribution >= 4 is 23.1 Å². The molecule has 0 aliphatic carbocycles. The zero-order valence-electron chi connectivity index (χ0n) is 15.9. The molecule has 29 heavy (non-hydrogen) atoms. The summed E-state index contributed by atoms with van der Waals surface area (Å²) in [6.07, 6.45) is 0. The number of benzene rings is 1. The molecule has 0 amide bonds. The van der Waals surface area contributed by atoms with Crippen LogP contribution < -0.4 is 16.6 Å². The summed E-state index contributed by atoms with van der Waals surface area (Å²) >= 11 is 1.49. The first-order valence-electron chi connectivity index (χ1n) is 9.05. The number of allylic oxidation sites excluding steroid dienone is 1. The van der Waals surface area contributed by atoms with Crippen LogP contribution in [0.2, 0.25) is 0 Å². The number of esters is 1. The first-order chi connectivity index (χ1) is 13.9. The molecule has 0 fully saturated rings. The van der Waals surface area contributed by atoms with E-state index in [1.165, 1.54) is 11.3 Å². The van der Waals surface area contributed by atoms with Crippen molar-refractivity contribution in [2.45, 2.75) is 26.4 Å². The van der Waals surface area contributed by atoms with Gasteiger partial charge in [-0.3, -0.25) is 14.8 Å². The van der Waals surface area contributed by atoms with Gasteiger partial charge in [0, 0.05) is 15.5 Å². The molecule has 3 heterocycles. The Morgan fingerprint density at radius 2 is 1.83 bits per heavy atom. The molecule has 3 aromatic rings. The number of ether oxygens (including phenoxy) is 1. The Morgan fingerprint density at radius 1 is 1.07 bits per heavy atom. The monoisotopic (exact) mass is 409 g/mol. The number of aromatic nitrogens is 2. The van der Waals surface area contributed by atoms with E-state index in [0.717, 1.165) is 15.3 Å². The maximum atomic E-state index is 13.1. The van der Waals surface area contributed by atoms with Crippen molar-refractivity contribution in [3.05, 3.63) is 95.5 Å². The van der Waals surface area contributed by atoms with E-state index in [2.05, 4.69) is 15.3 Å². The number of aryl methyl sites for hydroxylation is 1. The second kappa shape index (κ2) is 7.56. The van der Waals surface area contributed by atoms with Crippen LogP contribution in [-0.2, 0) is 16.1 Å². The van der Waals surface area contributed by atoms with E-state index in [4.69, 9.17) is 4.74 Å². The SMILES string of the molecule is CC1=C(C(=O)OCc2ccccc2)C(c2ccc(C)s2)c2c([nH]c(=O)[nH]c2=O)N1. The van der Waals surface area contributed by atoms with Crippen LogP contribution in [0.3, 0.4) is 0 Å². The third-order valence-electron chi connectivity index (χ3n) is 4.75. The van der Waals surface area contributed by atoms with Gasteiger partial charge in [-0.05, 0) is 31.5 Å². The molecule has 4 rings (SSSR count). The number of anilines is 1. The van der Waals surface area contributed by atoms with Crippen LogP contribution in [0.25, 0.3) is 0 Å². The first-order valence-corrected chi connectivity index (χ1v) is 9.87. The number of thiophene rings is 1. The Morgan fingerprint density at radius 3 is 2.52 bits per heavy atom. The largest absolute Gasteiger partial charge is 0.457 e. The maximum absolute atomic E-state index is 13.1. The zero-order chi connectivity index (χ0) is 20.5. The van der Waals surface area contributed by atoms with Crippen molar-refractivity contribution in [2.75, 3.05) is 5.32 Å². The molecule has 148 valence electrons. The first kappa shape index (κ1) is 18.9. The minimum absolute atomic E-state index is 0.126. The molecule has 0 spiro atoms. The number of fused-ring (bicyclic) bond motifs is 1. The van der Waals surface area contributed by atoms with Crippen LogP contribution in [0.4, 0.5) is 5.82 Å². The van der Waals surface area contributed by atoms with Gasteiger partial charge in [-0.25, -0.2) is 9.59 Å². The lowest BCUT2D eigenvalue weighted by molar-refractivity contribution is -0.140. The Hall–Kier alpha value is -3.39. The highest BCUT2D eigenvalue weighted by atomic mass is 32.1. The van der Waals surface area contributed by atoms with Crippen LogP contribution in [0.15, 0.2) is 63.3 Å². The maximum Gasteiger partial charge on any atom is 0.337 e. The predicted molar refractivity (Wildman–Crippen MR) is 111 cm³/mol. The standard InChI is InChI=1S/C21H19N3O4S/c1-11-8-9-14(29-11)16-15(20(26)28-10-13-6-4-3-5-7-13)12(2)22-18-17(16)19(25)24-21(27)23-18/h3-9,16H,10H2,1-2H3,(H3,22,23,24,25,27). The Bertz CT molecular complexity index is 1220. The second-order valence-corrected chi connectivity index (χ2v) is 8.12. The van der Waals surface area contributed by atoms with Crippen molar-refractivity contribution in [3.63, 3.8) is 0 Å². The van der Waals surface area contributed by atoms with Crippen LogP contribution in [0.5, 0.6) is 0 Å². The molecule has 0 saturated heterocycles. The molecule has 0 saturated carbocycles. The van der Waals surface area contributed by atoms with E-state index in [1.807, 2.05) is 49.4 Å². The highest BCUT2D eigenvalue weighted by molar-refractivity contribution is 7.12. The average molecular weight is 409 g/mol. The van der Waals surface area contributed by atoms with Crippen LogP contribution >= 0.6 is 11.3 Å². The molecule has 1 aliphatic rings. The van der Waals surface area contributed by atoms with E-state index in [0.29, 0.717) is 22.7 Å². The molecular weight excluding hydrogens is 390 g/mol. The minimum atomic E-state index is -0.631.